The zero-order chi connectivity index (χ0) is 16.2. The Bertz CT molecular complexity index is 514. The Morgan fingerprint density at radius 3 is 2.50 bits per heavy atom. The number of likely N-dealkylation sites (tertiary alicyclic amines) is 1. The lowest BCUT2D eigenvalue weighted by Gasteiger charge is -2.32. The van der Waals surface area contributed by atoms with Gasteiger partial charge in [0.15, 0.2) is 0 Å². The lowest BCUT2D eigenvalue weighted by molar-refractivity contribution is -0.148. The van der Waals surface area contributed by atoms with E-state index in [2.05, 4.69) is 21.2 Å². The molecule has 22 heavy (non-hydrogen) atoms. The topological polar surface area (TPSA) is 32.3 Å². The highest BCUT2D eigenvalue weighted by Crippen LogP contribution is 2.22. The minimum atomic E-state index is -4.14. The van der Waals surface area contributed by atoms with Crippen molar-refractivity contribution < 1.29 is 18.0 Å². The Labute approximate surface area is 136 Å². The van der Waals surface area contributed by atoms with Gasteiger partial charge in [0, 0.05) is 11.0 Å². The number of hydrogen-bond acceptors (Lipinski definition) is 2. The number of nitrogens with zero attached hydrogens (tertiary/aromatic N) is 1. The maximum atomic E-state index is 12.3. The molecule has 1 heterocycles. The van der Waals surface area contributed by atoms with Crippen LogP contribution in [0.3, 0.4) is 0 Å². The molecule has 0 radical (unpaired) electrons. The Morgan fingerprint density at radius 2 is 1.91 bits per heavy atom. The van der Waals surface area contributed by atoms with Crippen LogP contribution in [0.25, 0.3) is 0 Å². The second-order valence-corrected chi connectivity index (χ2v) is 6.38. The van der Waals surface area contributed by atoms with E-state index in [1.54, 1.807) is 18.2 Å². The molecule has 1 aromatic rings. The largest absolute Gasteiger partial charge is 0.401 e. The van der Waals surface area contributed by atoms with Gasteiger partial charge in [-0.2, -0.15) is 13.2 Å². The van der Waals surface area contributed by atoms with Crippen molar-refractivity contribution in [3.8, 4) is 0 Å². The smallest absolute Gasteiger partial charge is 0.352 e. The first kappa shape index (κ1) is 17.3. The average Bonchev–Trinajstić information content (AvgIpc) is 2.45. The SMILES string of the molecule is O=C(NCC1CCN(CC(F)(F)F)CC1)c1ccccc1Br. The molecule has 3 nitrogen and oxygen atoms in total. The van der Waals surface area contributed by atoms with Crippen molar-refractivity contribution in [3.05, 3.63) is 34.3 Å². The van der Waals surface area contributed by atoms with E-state index < -0.39 is 12.7 Å². The highest BCUT2D eigenvalue weighted by atomic mass is 79.9. The summed E-state index contributed by atoms with van der Waals surface area (Å²) in [6.07, 6.45) is -2.79. The molecule has 0 saturated carbocycles. The molecule has 1 fully saturated rings. The molecule has 1 amide bonds. The predicted octanol–water partition coefficient (Wildman–Crippen LogP) is 3.45. The Morgan fingerprint density at radius 1 is 1.27 bits per heavy atom. The average molecular weight is 379 g/mol. The molecule has 1 aliphatic rings. The van der Waals surface area contributed by atoms with Crippen LogP contribution in [-0.2, 0) is 0 Å². The van der Waals surface area contributed by atoms with E-state index in [1.807, 2.05) is 6.07 Å². The van der Waals surface area contributed by atoms with Gasteiger partial charge in [0.05, 0.1) is 12.1 Å². The van der Waals surface area contributed by atoms with E-state index in [0.29, 0.717) is 38.0 Å². The van der Waals surface area contributed by atoms with Crippen molar-refractivity contribution in [2.45, 2.75) is 19.0 Å². The summed E-state index contributed by atoms with van der Waals surface area (Å²) in [6, 6.07) is 7.14. The first-order valence-corrected chi connectivity index (χ1v) is 7.96. The molecule has 0 atom stereocenters. The third-order valence-corrected chi connectivity index (χ3v) is 4.47. The van der Waals surface area contributed by atoms with Crippen LogP contribution in [0.4, 0.5) is 13.2 Å². The summed E-state index contributed by atoms with van der Waals surface area (Å²) >= 11 is 3.32. The molecule has 7 heteroatoms. The van der Waals surface area contributed by atoms with Crippen LogP contribution >= 0.6 is 15.9 Å². The van der Waals surface area contributed by atoms with Crippen molar-refractivity contribution in [2.75, 3.05) is 26.2 Å². The first-order chi connectivity index (χ1) is 10.3. The van der Waals surface area contributed by atoms with E-state index in [0.717, 1.165) is 4.47 Å². The number of alkyl halides is 3. The minimum absolute atomic E-state index is 0.162. The zero-order valence-corrected chi connectivity index (χ0v) is 13.6. The van der Waals surface area contributed by atoms with Crippen molar-refractivity contribution in [1.29, 1.82) is 0 Å². The maximum absolute atomic E-state index is 12.3. The van der Waals surface area contributed by atoms with Gasteiger partial charge in [0.25, 0.3) is 5.91 Å². The van der Waals surface area contributed by atoms with E-state index in [9.17, 15) is 18.0 Å². The number of halogens is 4. The number of amides is 1. The Balaban J connectivity index is 1.75. The summed E-state index contributed by atoms with van der Waals surface area (Å²) in [5, 5.41) is 2.86. The van der Waals surface area contributed by atoms with Crippen molar-refractivity contribution in [1.82, 2.24) is 10.2 Å². The first-order valence-electron chi connectivity index (χ1n) is 7.17. The Hall–Kier alpha value is -1.08. The quantitative estimate of drug-likeness (QED) is 0.869. The molecule has 1 N–H and O–H groups in total. The molecule has 122 valence electrons. The van der Waals surface area contributed by atoms with Crippen molar-refractivity contribution in [2.24, 2.45) is 5.92 Å². The van der Waals surface area contributed by atoms with Crippen LogP contribution in [0.1, 0.15) is 23.2 Å². The lowest BCUT2D eigenvalue weighted by Crippen LogP contribution is -2.42. The summed E-state index contributed by atoms with van der Waals surface area (Å²) in [5.74, 6) is 0.0705. The molecule has 0 spiro atoms. The summed E-state index contributed by atoms with van der Waals surface area (Å²) in [4.78, 5) is 13.5. The van der Waals surface area contributed by atoms with Crippen molar-refractivity contribution in [3.63, 3.8) is 0 Å². The van der Waals surface area contributed by atoms with E-state index in [4.69, 9.17) is 0 Å². The predicted molar refractivity (Wildman–Crippen MR) is 81.7 cm³/mol. The van der Waals surface area contributed by atoms with Crippen molar-refractivity contribution >= 4 is 21.8 Å². The highest BCUT2D eigenvalue weighted by molar-refractivity contribution is 9.10. The van der Waals surface area contributed by atoms with Gasteiger partial charge in [-0.1, -0.05) is 12.1 Å². The molecular weight excluding hydrogens is 361 g/mol. The molecule has 0 aliphatic carbocycles. The molecule has 1 aromatic carbocycles. The van der Waals surface area contributed by atoms with Crippen LogP contribution < -0.4 is 5.32 Å². The Kier molecular flexibility index (Phi) is 5.86. The maximum Gasteiger partial charge on any atom is 0.401 e. The number of rotatable bonds is 4. The second kappa shape index (κ2) is 7.46. The van der Waals surface area contributed by atoms with Gasteiger partial charge in [0.2, 0.25) is 0 Å². The van der Waals surface area contributed by atoms with Gasteiger partial charge >= 0.3 is 6.18 Å². The molecule has 0 unspecified atom stereocenters. The molecule has 1 aliphatic heterocycles. The summed E-state index contributed by atoms with van der Waals surface area (Å²) < 4.78 is 37.7. The normalized spacial score (nSPS) is 17.5. The van der Waals surface area contributed by atoms with E-state index in [1.165, 1.54) is 4.90 Å². The van der Waals surface area contributed by atoms with Gasteiger partial charge in [0.1, 0.15) is 0 Å². The van der Waals surface area contributed by atoms with E-state index >= 15 is 0 Å². The number of carbonyl (C=O) groups excluding carboxylic acids is 1. The zero-order valence-electron chi connectivity index (χ0n) is 12.0. The number of piperidine rings is 1. The highest BCUT2D eigenvalue weighted by Gasteiger charge is 2.32. The van der Waals surface area contributed by atoms with Crippen LogP contribution in [0.2, 0.25) is 0 Å². The van der Waals surface area contributed by atoms with E-state index in [-0.39, 0.29) is 11.8 Å². The molecule has 0 aromatic heterocycles. The van der Waals surface area contributed by atoms with Crippen LogP contribution in [0.15, 0.2) is 28.7 Å². The summed E-state index contributed by atoms with van der Waals surface area (Å²) in [5.41, 5.74) is 0.567. The third kappa shape index (κ3) is 5.28. The van der Waals surface area contributed by atoms with Gasteiger partial charge in [-0.3, -0.25) is 9.69 Å². The van der Waals surface area contributed by atoms with Crippen LogP contribution in [0.5, 0.6) is 0 Å². The molecule has 0 bridgehead atoms. The lowest BCUT2D eigenvalue weighted by atomic mass is 9.96. The standard InChI is InChI=1S/C15H18BrF3N2O/c16-13-4-2-1-3-12(13)14(22)20-9-11-5-7-21(8-6-11)10-15(17,18)19/h1-4,11H,5-10H2,(H,20,22). The number of carbonyl (C=O) groups is 1. The fraction of sp³-hybridized carbons (Fsp3) is 0.533. The number of hydrogen-bond donors (Lipinski definition) is 1. The van der Waals surface area contributed by atoms with Gasteiger partial charge < -0.3 is 5.32 Å². The number of nitrogens with one attached hydrogen (secondary N) is 1. The third-order valence-electron chi connectivity index (χ3n) is 3.78. The fourth-order valence-electron chi connectivity index (χ4n) is 2.58. The fourth-order valence-corrected chi connectivity index (χ4v) is 3.04. The summed E-state index contributed by atoms with van der Waals surface area (Å²) in [7, 11) is 0. The van der Waals surface area contributed by atoms with Gasteiger partial charge in [-0.15, -0.1) is 0 Å². The molecular formula is C15H18BrF3N2O. The van der Waals surface area contributed by atoms with Crippen LogP contribution in [-0.4, -0.2) is 43.2 Å². The molecule has 1 saturated heterocycles. The number of benzene rings is 1. The second-order valence-electron chi connectivity index (χ2n) is 5.52. The van der Waals surface area contributed by atoms with Gasteiger partial charge in [-0.25, -0.2) is 0 Å². The summed E-state index contributed by atoms with van der Waals surface area (Å²) in [6.45, 7) is 0.507. The minimum Gasteiger partial charge on any atom is -0.352 e. The van der Waals surface area contributed by atoms with Gasteiger partial charge in [-0.05, 0) is 59.9 Å². The van der Waals surface area contributed by atoms with Crippen LogP contribution in [0, 0.1) is 5.92 Å². The molecule has 2 rings (SSSR count). The monoisotopic (exact) mass is 378 g/mol.